The summed E-state index contributed by atoms with van der Waals surface area (Å²) in [6.45, 7) is 0.691. The second kappa shape index (κ2) is 8.26. The zero-order chi connectivity index (χ0) is 21.4. The molecule has 2 aromatic carbocycles. The molecule has 2 aliphatic rings. The van der Waals surface area contributed by atoms with E-state index in [4.69, 9.17) is 4.74 Å². The van der Waals surface area contributed by atoms with Gasteiger partial charge in [0.25, 0.3) is 10.0 Å². The van der Waals surface area contributed by atoms with Crippen LogP contribution >= 0.6 is 0 Å². The Kier molecular flexibility index (Phi) is 5.84. The van der Waals surface area contributed by atoms with Crippen LogP contribution in [0.5, 0.6) is 0 Å². The van der Waals surface area contributed by atoms with Gasteiger partial charge in [0, 0.05) is 13.1 Å². The van der Waals surface area contributed by atoms with Crippen molar-refractivity contribution in [2.45, 2.75) is 35.5 Å². The zero-order valence-electron chi connectivity index (χ0n) is 16.3. The van der Waals surface area contributed by atoms with Crippen LogP contribution in [-0.4, -0.2) is 47.4 Å². The van der Waals surface area contributed by atoms with E-state index in [0.717, 1.165) is 53.2 Å². The summed E-state index contributed by atoms with van der Waals surface area (Å²) in [6.07, 6.45) is 3.87. The Balaban J connectivity index is 1.63. The predicted molar refractivity (Wildman–Crippen MR) is 110 cm³/mol. The van der Waals surface area contributed by atoms with Gasteiger partial charge >= 0.3 is 0 Å². The largest absolute Gasteiger partial charge is 0.379 e. The monoisotopic (exact) mass is 454 g/mol. The lowest BCUT2D eigenvalue weighted by Crippen LogP contribution is -2.40. The Hall–Kier alpha value is -2.01. The van der Waals surface area contributed by atoms with Crippen molar-refractivity contribution in [2.75, 3.05) is 31.0 Å². The van der Waals surface area contributed by atoms with Crippen LogP contribution in [0.4, 0.5) is 10.1 Å². The van der Waals surface area contributed by atoms with Gasteiger partial charge in [-0.1, -0.05) is 6.07 Å². The van der Waals surface area contributed by atoms with Crippen molar-refractivity contribution >= 4 is 25.7 Å². The highest BCUT2D eigenvalue weighted by Gasteiger charge is 2.29. The Morgan fingerprint density at radius 3 is 2.33 bits per heavy atom. The number of hydrogen-bond donors (Lipinski definition) is 1. The van der Waals surface area contributed by atoms with Crippen molar-refractivity contribution in [3.8, 4) is 0 Å². The molecule has 4 rings (SSSR count). The highest BCUT2D eigenvalue weighted by atomic mass is 32.2. The lowest BCUT2D eigenvalue weighted by molar-refractivity contribution is 0.0729. The molecular weight excluding hydrogens is 431 g/mol. The lowest BCUT2D eigenvalue weighted by atomic mass is 9.92. The molecule has 30 heavy (non-hydrogen) atoms. The van der Waals surface area contributed by atoms with Gasteiger partial charge in [0.05, 0.1) is 23.8 Å². The number of benzene rings is 2. The van der Waals surface area contributed by atoms with Crippen LogP contribution in [0.1, 0.15) is 24.0 Å². The highest BCUT2D eigenvalue weighted by Crippen LogP contribution is 2.27. The summed E-state index contributed by atoms with van der Waals surface area (Å²) in [5.74, 6) is -0.932. The molecule has 10 heteroatoms. The summed E-state index contributed by atoms with van der Waals surface area (Å²) < 4.78 is 74.3. The quantitative estimate of drug-likeness (QED) is 0.750. The third kappa shape index (κ3) is 4.22. The summed E-state index contributed by atoms with van der Waals surface area (Å²) in [7, 11) is -8.05. The van der Waals surface area contributed by atoms with E-state index in [0.29, 0.717) is 0 Å². The molecule has 0 radical (unpaired) electrons. The maximum absolute atomic E-state index is 14.4. The van der Waals surface area contributed by atoms with E-state index in [2.05, 4.69) is 4.72 Å². The summed E-state index contributed by atoms with van der Waals surface area (Å²) in [6, 6.07) is 8.22. The third-order valence-electron chi connectivity index (χ3n) is 5.40. The number of morpholine rings is 1. The Morgan fingerprint density at radius 2 is 1.60 bits per heavy atom. The second-order valence-electron chi connectivity index (χ2n) is 7.40. The van der Waals surface area contributed by atoms with E-state index in [-0.39, 0.29) is 36.9 Å². The molecule has 1 fully saturated rings. The number of ether oxygens (including phenoxy) is 1. The van der Waals surface area contributed by atoms with Gasteiger partial charge in [0.2, 0.25) is 10.0 Å². The molecule has 1 heterocycles. The minimum atomic E-state index is -4.10. The summed E-state index contributed by atoms with van der Waals surface area (Å²) in [5.41, 5.74) is 2.15. The van der Waals surface area contributed by atoms with Crippen LogP contribution in [0.25, 0.3) is 0 Å². The smallest absolute Gasteiger partial charge is 0.261 e. The number of aryl methyl sites for hydroxylation is 2. The van der Waals surface area contributed by atoms with E-state index in [1.807, 2.05) is 6.07 Å². The summed E-state index contributed by atoms with van der Waals surface area (Å²) in [5, 5.41) is 0. The standard InChI is InChI=1S/C20H23FN2O5S2/c21-19-8-6-17(14-20(19)30(26,27)23-9-11-28-12-10-23)22-29(24,25)18-7-5-15-3-1-2-4-16(15)13-18/h5-8,13-14,22H,1-4,9-12H2. The molecule has 1 N–H and O–H groups in total. The van der Waals surface area contributed by atoms with Crippen LogP contribution in [0.3, 0.4) is 0 Å². The first-order valence-corrected chi connectivity index (χ1v) is 12.7. The van der Waals surface area contributed by atoms with E-state index >= 15 is 0 Å². The maximum atomic E-state index is 14.4. The van der Waals surface area contributed by atoms with Gasteiger partial charge in [-0.3, -0.25) is 4.72 Å². The SMILES string of the molecule is O=S(=O)(Nc1ccc(F)c(S(=O)(=O)N2CCOCC2)c1)c1ccc2c(c1)CCCC2. The maximum Gasteiger partial charge on any atom is 0.261 e. The van der Waals surface area contributed by atoms with Crippen molar-refractivity contribution in [2.24, 2.45) is 0 Å². The molecule has 162 valence electrons. The van der Waals surface area contributed by atoms with Crippen LogP contribution < -0.4 is 4.72 Å². The fourth-order valence-electron chi connectivity index (χ4n) is 3.78. The Morgan fingerprint density at radius 1 is 0.900 bits per heavy atom. The highest BCUT2D eigenvalue weighted by molar-refractivity contribution is 7.92. The third-order valence-corrected chi connectivity index (χ3v) is 8.69. The molecule has 1 aliphatic heterocycles. The molecule has 1 saturated heterocycles. The first kappa shape index (κ1) is 21.2. The number of anilines is 1. The zero-order valence-corrected chi connectivity index (χ0v) is 17.9. The molecule has 0 spiro atoms. The molecule has 0 bridgehead atoms. The van der Waals surface area contributed by atoms with Crippen molar-refractivity contribution in [3.63, 3.8) is 0 Å². The molecule has 0 saturated carbocycles. The fourth-order valence-corrected chi connectivity index (χ4v) is 6.38. The second-order valence-corrected chi connectivity index (χ2v) is 11.0. The number of nitrogens with zero attached hydrogens (tertiary/aromatic N) is 1. The van der Waals surface area contributed by atoms with Crippen molar-refractivity contribution in [3.05, 3.63) is 53.3 Å². The predicted octanol–water partition coefficient (Wildman–Crippen LogP) is 2.53. The number of halogens is 1. The fraction of sp³-hybridized carbons (Fsp3) is 0.400. The molecule has 7 nitrogen and oxygen atoms in total. The first-order chi connectivity index (χ1) is 14.3. The van der Waals surface area contributed by atoms with Gasteiger partial charge in [0.15, 0.2) is 0 Å². The van der Waals surface area contributed by atoms with E-state index in [1.54, 1.807) is 12.1 Å². The molecule has 0 aromatic heterocycles. The van der Waals surface area contributed by atoms with Crippen LogP contribution in [-0.2, 0) is 37.6 Å². The normalized spacial score (nSPS) is 18.0. The Labute approximate surface area is 176 Å². The van der Waals surface area contributed by atoms with Gasteiger partial charge < -0.3 is 4.74 Å². The summed E-state index contributed by atoms with van der Waals surface area (Å²) in [4.78, 5) is -0.458. The number of hydrogen-bond acceptors (Lipinski definition) is 5. The summed E-state index contributed by atoms with van der Waals surface area (Å²) >= 11 is 0. The van der Waals surface area contributed by atoms with E-state index < -0.39 is 30.8 Å². The van der Waals surface area contributed by atoms with Crippen molar-refractivity contribution in [1.29, 1.82) is 0 Å². The van der Waals surface area contributed by atoms with Gasteiger partial charge in [-0.2, -0.15) is 4.31 Å². The Bertz CT molecular complexity index is 1160. The van der Waals surface area contributed by atoms with Crippen LogP contribution in [0, 0.1) is 5.82 Å². The average Bonchev–Trinajstić information content (AvgIpc) is 2.75. The molecule has 0 amide bonds. The van der Waals surface area contributed by atoms with E-state index in [9.17, 15) is 21.2 Å². The number of rotatable bonds is 5. The van der Waals surface area contributed by atoms with Gasteiger partial charge in [0.1, 0.15) is 10.7 Å². The molecule has 2 aromatic rings. The van der Waals surface area contributed by atoms with Crippen molar-refractivity contribution < 1.29 is 26.0 Å². The number of sulfonamides is 2. The number of fused-ring (bicyclic) bond motifs is 1. The lowest BCUT2D eigenvalue weighted by Gasteiger charge is -2.26. The molecule has 1 aliphatic carbocycles. The average molecular weight is 455 g/mol. The molecule has 0 atom stereocenters. The first-order valence-electron chi connectivity index (χ1n) is 9.79. The van der Waals surface area contributed by atoms with Gasteiger partial charge in [-0.25, -0.2) is 21.2 Å². The van der Waals surface area contributed by atoms with Crippen LogP contribution in [0.2, 0.25) is 0 Å². The van der Waals surface area contributed by atoms with Crippen molar-refractivity contribution in [1.82, 2.24) is 4.31 Å². The van der Waals surface area contributed by atoms with E-state index in [1.165, 1.54) is 6.07 Å². The van der Waals surface area contributed by atoms with Gasteiger partial charge in [-0.15, -0.1) is 0 Å². The molecule has 0 unspecified atom stereocenters. The van der Waals surface area contributed by atoms with Crippen LogP contribution in [0.15, 0.2) is 46.2 Å². The minimum Gasteiger partial charge on any atom is -0.379 e. The number of nitrogens with one attached hydrogen (secondary N) is 1. The van der Waals surface area contributed by atoms with Gasteiger partial charge in [-0.05, 0) is 67.1 Å². The topological polar surface area (TPSA) is 92.8 Å². The minimum absolute atomic E-state index is 0.0130. The molecular formula is C20H23FN2O5S2.